The standard InChI is InChI=1S/C14H27N3/c1-13-15-10-12-17(13)11-8-6-5-7-9-16-14(2,3)4/h10,12,16H,5-9,11H2,1-4H3. The van der Waals surface area contributed by atoms with Crippen LogP contribution in [-0.4, -0.2) is 21.6 Å². The first-order valence-electron chi connectivity index (χ1n) is 6.72. The molecule has 1 aromatic rings. The van der Waals surface area contributed by atoms with Crippen molar-refractivity contribution in [1.29, 1.82) is 0 Å². The molecule has 17 heavy (non-hydrogen) atoms. The fourth-order valence-electron chi connectivity index (χ4n) is 1.86. The molecule has 1 heterocycles. The summed E-state index contributed by atoms with van der Waals surface area (Å²) in [5.41, 5.74) is 0.258. The van der Waals surface area contributed by atoms with E-state index in [9.17, 15) is 0 Å². The Balaban J connectivity index is 1.97. The summed E-state index contributed by atoms with van der Waals surface area (Å²) >= 11 is 0. The maximum atomic E-state index is 4.22. The van der Waals surface area contributed by atoms with Crippen molar-refractivity contribution in [3.05, 3.63) is 18.2 Å². The molecule has 0 amide bonds. The molecular formula is C14H27N3. The second kappa shape index (κ2) is 6.80. The Morgan fingerprint density at radius 3 is 2.47 bits per heavy atom. The average molecular weight is 237 g/mol. The maximum absolute atomic E-state index is 4.22. The van der Waals surface area contributed by atoms with Gasteiger partial charge in [-0.05, 0) is 47.1 Å². The van der Waals surface area contributed by atoms with E-state index in [1.165, 1.54) is 25.7 Å². The monoisotopic (exact) mass is 237 g/mol. The number of aryl methyl sites for hydroxylation is 2. The van der Waals surface area contributed by atoms with E-state index in [4.69, 9.17) is 0 Å². The average Bonchev–Trinajstić information content (AvgIpc) is 2.61. The van der Waals surface area contributed by atoms with Gasteiger partial charge < -0.3 is 9.88 Å². The molecule has 0 unspecified atom stereocenters. The van der Waals surface area contributed by atoms with Crippen molar-refractivity contribution in [3.8, 4) is 0 Å². The fraction of sp³-hybridized carbons (Fsp3) is 0.786. The Morgan fingerprint density at radius 2 is 1.88 bits per heavy atom. The van der Waals surface area contributed by atoms with E-state index in [1.807, 2.05) is 6.20 Å². The molecule has 3 heteroatoms. The van der Waals surface area contributed by atoms with Crippen LogP contribution >= 0.6 is 0 Å². The van der Waals surface area contributed by atoms with Gasteiger partial charge in [-0.15, -0.1) is 0 Å². The minimum absolute atomic E-state index is 0.258. The fourth-order valence-corrected chi connectivity index (χ4v) is 1.86. The third-order valence-corrected chi connectivity index (χ3v) is 2.90. The van der Waals surface area contributed by atoms with Crippen molar-refractivity contribution in [3.63, 3.8) is 0 Å². The molecule has 0 aliphatic rings. The van der Waals surface area contributed by atoms with Crippen LogP contribution in [0.5, 0.6) is 0 Å². The maximum Gasteiger partial charge on any atom is 0.105 e. The normalized spacial score (nSPS) is 12.0. The molecule has 1 N–H and O–H groups in total. The number of nitrogens with zero attached hydrogens (tertiary/aromatic N) is 2. The minimum atomic E-state index is 0.258. The van der Waals surface area contributed by atoms with Gasteiger partial charge in [-0.1, -0.05) is 12.8 Å². The highest BCUT2D eigenvalue weighted by Gasteiger charge is 2.06. The zero-order valence-corrected chi connectivity index (χ0v) is 11.8. The first kappa shape index (κ1) is 14.2. The van der Waals surface area contributed by atoms with Gasteiger partial charge in [0.2, 0.25) is 0 Å². The lowest BCUT2D eigenvalue weighted by Crippen LogP contribution is -2.36. The molecule has 0 aliphatic carbocycles. The molecule has 0 aliphatic heterocycles. The van der Waals surface area contributed by atoms with Crippen LogP contribution < -0.4 is 5.32 Å². The first-order chi connectivity index (χ1) is 7.99. The number of hydrogen-bond donors (Lipinski definition) is 1. The van der Waals surface area contributed by atoms with Crippen molar-refractivity contribution in [1.82, 2.24) is 14.9 Å². The van der Waals surface area contributed by atoms with Gasteiger partial charge in [-0.3, -0.25) is 0 Å². The van der Waals surface area contributed by atoms with Gasteiger partial charge in [0.25, 0.3) is 0 Å². The first-order valence-corrected chi connectivity index (χ1v) is 6.72. The van der Waals surface area contributed by atoms with E-state index in [2.05, 4.69) is 48.8 Å². The lowest BCUT2D eigenvalue weighted by Gasteiger charge is -2.20. The number of rotatable bonds is 7. The molecule has 0 spiro atoms. The minimum Gasteiger partial charge on any atom is -0.335 e. The topological polar surface area (TPSA) is 29.9 Å². The van der Waals surface area contributed by atoms with E-state index in [1.54, 1.807) is 0 Å². The van der Waals surface area contributed by atoms with Crippen LogP contribution in [0.25, 0.3) is 0 Å². The molecule has 98 valence electrons. The summed E-state index contributed by atoms with van der Waals surface area (Å²) in [6.07, 6.45) is 9.10. The van der Waals surface area contributed by atoms with Crippen LogP contribution in [0.1, 0.15) is 52.3 Å². The van der Waals surface area contributed by atoms with Gasteiger partial charge >= 0.3 is 0 Å². The highest BCUT2D eigenvalue weighted by atomic mass is 15.0. The second-order valence-corrected chi connectivity index (χ2v) is 5.76. The Morgan fingerprint density at radius 1 is 1.18 bits per heavy atom. The molecule has 0 atom stereocenters. The Kier molecular flexibility index (Phi) is 5.69. The Bertz CT molecular complexity index is 310. The van der Waals surface area contributed by atoms with Crippen molar-refractivity contribution in [2.75, 3.05) is 6.54 Å². The summed E-state index contributed by atoms with van der Waals surface area (Å²) in [6.45, 7) is 11.0. The quantitative estimate of drug-likeness (QED) is 0.738. The third-order valence-electron chi connectivity index (χ3n) is 2.90. The molecule has 0 bridgehead atoms. The predicted octanol–water partition coefficient (Wildman–Crippen LogP) is 3.14. The third kappa shape index (κ3) is 6.47. The number of aromatic nitrogens is 2. The molecule has 0 fully saturated rings. The highest BCUT2D eigenvalue weighted by Crippen LogP contribution is 2.05. The van der Waals surface area contributed by atoms with Gasteiger partial charge in [0.15, 0.2) is 0 Å². The van der Waals surface area contributed by atoms with Gasteiger partial charge in [0, 0.05) is 24.5 Å². The zero-order chi connectivity index (χ0) is 12.7. The highest BCUT2D eigenvalue weighted by molar-refractivity contribution is 4.87. The SMILES string of the molecule is Cc1nccn1CCCCCCNC(C)(C)C. The molecule has 1 aromatic heterocycles. The zero-order valence-electron chi connectivity index (χ0n) is 11.8. The van der Waals surface area contributed by atoms with E-state index in [0.717, 1.165) is 18.9 Å². The van der Waals surface area contributed by atoms with Crippen molar-refractivity contribution in [2.24, 2.45) is 0 Å². The summed E-state index contributed by atoms with van der Waals surface area (Å²) in [6, 6.07) is 0. The number of unbranched alkanes of at least 4 members (excludes halogenated alkanes) is 3. The van der Waals surface area contributed by atoms with E-state index in [-0.39, 0.29) is 5.54 Å². The van der Waals surface area contributed by atoms with Crippen LogP contribution in [0.2, 0.25) is 0 Å². The van der Waals surface area contributed by atoms with Gasteiger partial charge in [0.05, 0.1) is 0 Å². The van der Waals surface area contributed by atoms with Crippen LogP contribution in [0.4, 0.5) is 0 Å². The van der Waals surface area contributed by atoms with E-state index < -0.39 is 0 Å². The number of imidazole rings is 1. The second-order valence-electron chi connectivity index (χ2n) is 5.76. The summed E-state index contributed by atoms with van der Waals surface area (Å²) in [5, 5.41) is 3.52. The number of nitrogens with one attached hydrogen (secondary N) is 1. The summed E-state index contributed by atoms with van der Waals surface area (Å²) < 4.78 is 2.23. The molecule has 0 aromatic carbocycles. The van der Waals surface area contributed by atoms with Crippen LogP contribution in [-0.2, 0) is 6.54 Å². The molecule has 0 saturated carbocycles. The molecule has 0 saturated heterocycles. The van der Waals surface area contributed by atoms with Crippen LogP contribution in [0.15, 0.2) is 12.4 Å². The Hall–Kier alpha value is -0.830. The summed E-state index contributed by atoms with van der Waals surface area (Å²) in [7, 11) is 0. The molecule has 3 nitrogen and oxygen atoms in total. The van der Waals surface area contributed by atoms with Crippen molar-refractivity contribution < 1.29 is 0 Å². The van der Waals surface area contributed by atoms with Gasteiger partial charge in [-0.25, -0.2) is 4.98 Å². The lowest BCUT2D eigenvalue weighted by atomic mass is 10.1. The van der Waals surface area contributed by atoms with E-state index >= 15 is 0 Å². The lowest BCUT2D eigenvalue weighted by molar-refractivity contribution is 0.414. The molecular weight excluding hydrogens is 210 g/mol. The summed E-state index contributed by atoms with van der Waals surface area (Å²) in [4.78, 5) is 4.22. The van der Waals surface area contributed by atoms with Crippen molar-refractivity contribution in [2.45, 2.75) is 65.5 Å². The van der Waals surface area contributed by atoms with Crippen LogP contribution in [0, 0.1) is 6.92 Å². The number of hydrogen-bond acceptors (Lipinski definition) is 2. The van der Waals surface area contributed by atoms with Gasteiger partial charge in [0.1, 0.15) is 5.82 Å². The molecule has 0 radical (unpaired) electrons. The van der Waals surface area contributed by atoms with Crippen LogP contribution in [0.3, 0.4) is 0 Å². The summed E-state index contributed by atoms with van der Waals surface area (Å²) in [5.74, 6) is 1.12. The van der Waals surface area contributed by atoms with Crippen molar-refractivity contribution >= 4 is 0 Å². The van der Waals surface area contributed by atoms with Gasteiger partial charge in [-0.2, -0.15) is 0 Å². The Labute approximate surface area is 106 Å². The largest absolute Gasteiger partial charge is 0.335 e. The predicted molar refractivity (Wildman–Crippen MR) is 73.2 cm³/mol. The molecule has 1 rings (SSSR count). The van der Waals surface area contributed by atoms with E-state index in [0.29, 0.717) is 0 Å². The smallest absolute Gasteiger partial charge is 0.105 e.